The molecule has 0 radical (unpaired) electrons. The fourth-order valence-electron chi connectivity index (χ4n) is 4.41. The van der Waals surface area contributed by atoms with Crippen molar-refractivity contribution >= 4 is 24.2 Å². The van der Waals surface area contributed by atoms with Gasteiger partial charge < -0.3 is 15.3 Å². The Labute approximate surface area is 226 Å². The standard InChI is InChI=1S/C25H23FN7O.U/c26-17-9-10-20(30-16-17)24(27)29-13-11-18-6-5-14-32(18)25(34)23-22(19-7-1-3-12-28-19)21-8-2-4-15-33(21)31-23;/h1,3-4,7,9-10,12,15-16,18,27H,2,5-6,8,11,14H2;/q-1;/t18-;/m0./s1. The number of aliphatic imine (C=N–C) groups is 1. The van der Waals surface area contributed by atoms with Crippen molar-refractivity contribution in [3.63, 3.8) is 0 Å². The molecule has 0 saturated carbocycles. The SMILES string of the molecule is N=C(N=[C-]C[C@@H]1CCCN1C(=O)c1nn2c(c1-c1ccccn1)CCC=C2)c1ccc(F)cn1.[U]. The van der Waals surface area contributed by atoms with E-state index in [0.29, 0.717) is 18.7 Å². The number of amidine groups is 1. The zero-order chi connectivity index (χ0) is 23.5. The molecule has 0 bridgehead atoms. The monoisotopic (exact) mass is 694 g/mol. The Balaban J connectivity index is 0.00000289. The summed E-state index contributed by atoms with van der Waals surface area (Å²) in [6.45, 7) is 0.627. The summed E-state index contributed by atoms with van der Waals surface area (Å²) in [4.78, 5) is 27.9. The van der Waals surface area contributed by atoms with Crippen LogP contribution in [-0.4, -0.2) is 55.2 Å². The summed E-state index contributed by atoms with van der Waals surface area (Å²) in [5, 5.41) is 12.7. The van der Waals surface area contributed by atoms with Crippen LogP contribution in [0.15, 0.2) is 53.8 Å². The van der Waals surface area contributed by atoms with E-state index in [9.17, 15) is 9.18 Å². The number of allylic oxidation sites excluding steroid dienone is 1. The summed E-state index contributed by atoms with van der Waals surface area (Å²) in [6, 6.07) is 8.23. The summed E-state index contributed by atoms with van der Waals surface area (Å²) >= 11 is 0. The number of hydrogen-bond acceptors (Lipinski definition) is 5. The van der Waals surface area contributed by atoms with E-state index in [4.69, 9.17) is 5.41 Å². The van der Waals surface area contributed by atoms with E-state index < -0.39 is 5.82 Å². The first kappa shape index (κ1) is 25.1. The number of nitrogens with zero attached hydrogens (tertiary/aromatic N) is 6. The third-order valence-electron chi connectivity index (χ3n) is 6.05. The number of pyridine rings is 2. The minimum atomic E-state index is -0.467. The van der Waals surface area contributed by atoms with Crippen LogP contribution >= 0.6 is 0 Å². The molecule has 0 unspecified atom stereocenters. The van der Waals surface area contributed by atoms with Crippen LogP contribution in [0.4, 0.5) is 4.39 Å². The van der Waals surface area contributed by atoms with Crippen LogP contribution in [0.1, 0.15) is 47.6 Å². The summed E-state index contributed by atoms with van der Waals surface area (Å²) < 4.78 is 14.8. The number of rotatable bonds is 5. The Morgan fingerprint density at radius 3 is 2.91 bits per heavy atom. The molecule has 0 aliphatic carbocycles. The molecule has 35 heavy (non-hydrogen) atoms. The van der Waals surface area contributed by atoms with Gasteiger partial charge in [0.15, 0.2) is 5.69 Å². The summed E-state index contributed by atoms with van der Waals surface area (Å²) in [7, 11) is 0. The molecule has 1 saturated heterocycles. The fourth-order valence-corrected chi connectivity index (χ4v) is 4.41. The predicted molar refractivity (Wildman–Crippen MR) is 126 cm³/mol. The largest absolute Gasteiger partial charge is 0.439 e. The van der Waals surface area contributed by atoms with Crippen molar-refractivity contribution in [2.24, 2.45) is 4.99 Å². The maximum atomic E-state index is 13.7. The number of hydrogen-bond donors (Lipinski definition) is 1. The molecule has 2 aliphatic rings. The number of likely N-dealkylation sites (tertiary alicyclic amines) is 1. The second kappa shape index (κ2) is 11.2. The van der Waals surface area contributed by atoms with E-state index in [1.807, 2.05) is 35.4 Å². The van der Waals surface area contributed by atoms with Crippen molar-refractivity contribution in [3.05, 3.63) is 71.7 Å². The van der Waals surface area contributed by atoms with E-state index in [2.05, 4.69) is 26.3 Å². The average Bonchev–Trinajstić information content (AvgIpc) is 3.49. The molecule has 3 aromatic heterocycles. The van der Waals surface area contributed by atoms with Crippen LogP contribution in [0.2, 0.25) is 0 Å². The Bertz CT molecular complexity index is 1270. The van der Waals surface area contributed by atoms with Crippen molar-refractivity contribution < 1.29 is 40.3 Å². The predicted octanol–water partition coefficient (Wildman–Crippen LogP) is 3.86. The molecular formula is C25H23FN7OU-. The Hall–Kier alpha value is -2.96. The first-order valence-corrected chi connectivity index (χ1v) is 11.3. The number of carbonyl (C=O) groups excluding carboxylic acids is 1. The van der Waals surface area contributed by atoms with Gasteiger partial charge in [-0.15, -0.1) is 0 Å². The van der Waals surface area contributed by atoms with Gasteiger partial charge in [-0.2, -0.15) is 11.3 Å². The number of nitrogens with one attached hydrogen (secondary N) is 1. The molecule has 1 fully saturated rings. The Morgan fingerprint density at radius 2 is 2.14 bits per heavy atom. The van der Waals surface area contributed by atoms with Gasteiger partial charge in [0.2, 0.25) is 0 Å². The van der Waals surface area contributed by atoms with Gasteiger partial charge in [0.05, 0.1) is 23.1 Å². The van der Waals surface area contributed by atoms with Crippen molar-refractivity contribution in [1.82, 2.24) is 24.6 Å². The van der Waals surface area contributed by atoms with E-state index in [0.717, 1.165) is 48.8 Å². The number of carbonyl (C=O) groups is 1. The Kier molecular flexibility index (Phi) is 8.04. The molecule has 5 rings (SSSR count). The van der Waals surface area contributed by atoms with E-state index in [1.54, 1.807) is 10.9 Å². The third-order valence-corrected chi connectivity index (χ3v) is 6.05. The van der Waals surface area contributed by atoms with Gasteiger partial charge in [-0.05, 0) is 49.9 Å². The molecule has 8 nitrogen and oxygen atoms in total. The topological polar surface area (TPSA) is 100 Å². The normalized spacial score (nSPS) is 16.8. The van der Waals surface area contributed by atoms with Gasteiger partial charge in [0, 0.05) is 67.6 Å². The van der Waals surface area contributed by atoms with Crippen molar-refractivity contribution in [1.29, 1.82) is 5.41 Å². The van der Waals surface area contributed by atoms with Crippen LogP contribution < -0.4 is 0 Å². The molecule has 1 atom stereocenters. The number of aromatic nitrogens is 4. The minimum Gasteiger partial charge on any atom is -0.439 e. The summed E-state index contributed by atoms with van der Waals surface area (Å²) in [5.74, 6) is -0.691. The van der Waals surface area contributed by atoms with Gasteiger partial charge >= 0.3 is 0 Å². The van der Waals surface area contributed by atoms with E-state index >= 15 is 0 Å². The van der Waals surface area contributed by atoms with E-state index in [1.165, 1.54) is 12.1 Å². The van der Waals surface area contributed by atoms with Gasteiger partial charge in [0.25, 0.3) is 5.91 Å². The number of halogens is 1. The quantitative estimate of drug-likeness (QED) is 0.249. The second-order valence-electron chi connectivity index (χ2n) is 8.23. The first-order valence-electron chi connectivity index (χ1n) is 11.3. The van der Waals surface area contributed by atoms with Crippen LogP contribution in [0.3, 0.4) is 0 Å². The first-order chi connectivity index (χ1) is 16.6. The zero-order valence-electron chi connectivity index (χ0n) is 19.0. The molecule has 0 aromatic carbocycles. The molecule has 2 aliphatic heterocycles. The molecular weight excluding hydrogens is 671 g/mol. The minimum absolute atomic E-state index is 0. The summed E-state index contributed by atoms with van der Waals surface area (Å²) in [5.41, 5.74) is 3.21. The van der Waals surface area contributed by atoms with Gasteiger partial charge in [-0.3, -0.25) is 14.8 Å². The molecule has 0 spiro atoms. The fraction of sp³-hybridized carbons (Fsp3) is 0.280. The third kappa shape index (κ3) is 5.34. The second-order valence-corrected chi connectivity index (χ2v) is 8.23. The van der Waals surface area contributed by atoms with Gasteiger partial charge in [-0.1, -0.05) is 18.6 Å². The maximum Gasteiger partial charge on any atom is 0.275 e. The van der Waals surface area contributed by atoms with Gasteiger partial charge in [0.1, 0.15) is 5.82 Å². The van der Waals surface area contributed by atoms with Crippen molar-refractivity contribution in [2.75, 3.05) is 6.54 Å². The molecule has 176 valence electrons. The average molecular weight is 695 g/mol. The molecule has 5 heterocycles. The van der Waals surface area contributed by atoms with Crippen molar-refractivity contribution in [3.8, 4) is 11.3 Å². The molecule has 1 N–H and O–H groups in total. The van der Waals surface area contributed by atoms with Crippen LogP contribution in [0.25, 0.3) is 17.5 Å². The Morgan fingerprint density at radius 1 is 1.26 bits per heavy atom. The van der Waals surface area contributed by atoms with Crippen LogP contribution in [0, 0.1) is 42.3 Å². The number of fused-ring (bicyclic) bond motifs is 1. The van der Waals surface area contributed by atoms with Gasteiger partial charge in [-0.25, -0.2) is 9.07 Å². The zero-order valence-corrected chi connectivity index (χ0v) is 23.1. The maximum absolute atomic E-state index is 13.7. The molecule has 3 aromatic rings. The van der Waals surface area contributed by atoms with Crippen molar-refractivity contribution in [2.45, 2.75) is 38.1 Å². The molecule has 1 amide bonds. The van der Waals surface area contributed by atoms with Crippen LogP contribution in [-0.2, 0) is 6.42 Å². The summed E-state index contributed by atoms with van der Waals surface area (Å²) in [6.07, 6.45) is 13.4. The number of amides is 1. The smallest absolute Gasteiger partial charge is 0.275 e. The van der Waals surface area contributed by atoms with Crippen LogP contribution in [0.5, 0.6) is 0 Å². The van der Waals surface area contributed by atoms with E-state index in [-0.39, 0.29) is 54.6 Å². The molecule has 10 heteroatoms.